The van der Waals surface area contributed by atoms with E-state index in [-0.39, 0.29) is 17.6 Å². The Morgan fingerprint density at radius 1 is 1.60 bits per heavy atom. The highest BCUT2D eigenvalue weighted by Gasteiger charge is 2.66. The van der Waals surface area contributed by atoms with Crippen LogP contribution in [0.2, 0.25) is 0 Å². The molecule has 0 unspecified atom stereocenters. The van der Waals surface area contributed by atoms with E-state index in [0.717, 1.165) is 0 Å². The van der Waals surface area contributed by atoms with Crippen LogP contribution in [-0.2, 0) is 14.3 Å². The molecule has 1 aliphatic heterocycles. The van der Waals surface area contributed by atoms with Crippen LogP contribution in [0.4, 0.5) is 0 Å². The fourth-order valence-electron chi connectivity index (χ4n) is 3.66. The molecule has 3 aliphatic carbocycles. The minimum atomic E-state index is -0.943. The molecule has 4 bridgehead atoms. The van der Waals surface area contributed by atoms with Crippen LogP contribution in [0.25, 0.3) is 0 Å². The predicted octanol–water partition coefficient (Wildman–Crippen LogP) is 1.39. The van der Waals surface area contributed by atoms with E-state index in [2.05, 4.69) is 13.0 Å². The Labute approximate surface area is 89.4 Å². The summed E-state index contributed by atoms with van der Waals surface area (Å²) in [6.45, 7) is 4.86. The highest BCUT2D eigenvalue weighted by atomic mass is 16.7. The summed E-state index contributed by atoms with van der Waals surface area (Å²) in [5, 5.41) is 0. The number of rotatable bonds is 1. The standard InChI is InChI=1S/C12H16O3/c1-6-4-9-8-5-15-12(9,14-3)11(13)10(6)7(8)2/h4,7-10H,5H2,1-3H3/t7-,8-,9+,10-,12-/m1/s1. The van der Waals surface area contributed by atoms with Gasteiger partial charge in [0, 0.05) is 18.9 Å². The summed E-state index contributed by atoms with van der Waals surface area (Å²) in [6, 6.07) is 0. The van der Waals surface area contributed by atoms with Gasteiger partial charge in [0.25, 0.3) is 0 Å². The van der Waals surface area contributed by atoms with Crippen LogP contribution in [0.1, 0.15) is 13.8 Å². The number of carbonyl (C=O) groups is 1. The van der Waals surface area contributed by atoms with Gasteiger partial charge in [-0.3, -0.25) is 4.79 Å². The lowest BCUT2D eigenvalue weighted by Crippen LogP contribution is -2.58. The molecule has 3 heteroatoms. The van der Waals surface area contributed by atoms with Gasteiger partial charge < -0.3 is 9.47 Å². The summed E-state index contributed by atoms with van der Waals surface area (Å²) < 4.78 is 11.1. The Kier molecular flexibility index (Phi) is 1.73. The molecular formula is C12H16O3. The summed E-state index contributed by atoms with van der Waals surface area (Å²) in [5.41, 5.74) is 1.20. The fraction of sp³-hybridized carbons (Fsp3) is 0.750. The second-order valence-electron chi connectivity index (χ2n) is 4.98. The largest absolute Gasteiger partial charge is 0.347 e. The molecule has 82 valence electrons. The fourth-order valence-corrected chi connectivity index (χ4v) is 3.66. The molecule has 3 nitrogen and oxygen atoms in total. The number of ketones is 1. The summed E-state index contributed by atoms with van der Waals surface area (Å²) in [4.78, 5) is 12.3. The topological polar surface area (TPSA) is 35.5 Å². The zero-order valence-electron chi connectivity index (χ0n) is 9.32. The second kappa shape index (κ2) is 2.71. The Balaban J connectivity index is 2.17. The first-order chi connectivity index (χ1) is 7.12. The SMILES string of the molecule is CO[C@]12OC[C@@H]3[C@@H](C)[C@H](C1=O)C(C)=C[C@@H]32. The molecule has 1 heterocycles. The van der Waals surface area contributed by atoms with Crippen LogP contribution in [0, 0.1) is 23.7 Å². The molecule has 5 atom stereocenters. The van der Waals surface area contributed by atoms with Gasteiger partial charge >= 0.3 is 0 Å². The molecule has 1 saturated heterocycles. The van der Waals surface area contributed by atoms with Crippen LogP contribution in [0.3, 0.4) is 0 Å². The highest BCUT2D eigenvalue weighted by molar-refractivity contribution is 5.94. The molecule has 0 N–H and O–H groups in total. The van der Waals surface area contributed by atoms with E-state index >= 15 is 0 Å². The van der Waals surface area contributed by atoms with E-state index in [9.17, 15) is 4.79 Å². The number of ether oxygens (including phenoxy) is 2. The van der Waals surface area contributed by atoms with Crippen molar-refractivity contribution in [2.75, 3.05) is 13.7 Å². The number of hydrogen-bond donors (Lipinski definition) is 0. The Morgan fingerprint density at radius 3 is 3.00 bits per heavy atom. The van der Waals surface area contributed by atoms with Gasteiger partial charge in [0.05, 0.1) is 6.61 Å². The van der Waals surface area contributed by atoms with Crippen LogP contribution < -0.4 is 0 Å². The lowest BCUT2D eigenvalue weighted by atomic mass is 9.58. The maximum absolute atomic E-state index is 12.3. The summed E-state index contributed by atoms with van der Waals surface area (Å²) in [5.74, 6) is 0.199. The van der Waals surface area contributed by atoms with Crippen molar-refractivity contribution in [1.82, 2.24) is 0 Å². The van der Waals surface area contributed by atoms with Gasteiger partial charge in [-0.15, -0.1) is 0 Å². The molecule has 0 spiro atoms. The van der Waals surface area contributed by atoms with Gasteiger partial charge in [-0.1, -0.05) is 18.6 Å². The van der Waals surface area contributed by atoms with Crippen LogP contribution in [0.15, 0.2) is 11.6 Å². The van der Waals surface area contributed by atoms with Crippen molar-refractivity contribution >= 4 is 5.78 Å². The monoisotopic (exact) mass is 208 g/mol. The van der Waals surface area contributed by atoms with Gasteiger partial charge in [0.2, 0.25) is 5.79 Å². The first-order valence-electron chi connectivity index (χ1n) is 5.53. The van der Waals surface area contributed by atoms with Crippen molar-refractivity contribution in [3.63, 3.8) is 0 Å². The lowest BCUT2D eigenvalue weighted by molar-refractivity contribution is -0.217. The third-order valence-corrected chi connectivity index (χ3v) is 4.45. The molecule has 4 rings (SSSR count). The third-order valence-electron chi connectivity index (χ3n) is 4.45. The Morgan fingerprint density at radius 2 is 2.33 bits per heavy atom. The first-order valence-corrected chi connectivity index (χ1v) is 5.53. The van der Waals surface area contributed by atoms with Crippen LogP contribution in [0.5, 0.6) is 0 Å². The number of methoxy groups -OCH3 is 1. The average Bonchev–Trinajstić information content (AvgIpc) is 2.53. The smallest absolute Gasteiger partial charge is 0.236 e. The molecule has 0 aromatic heterocycles. The minimum absolute atomic E-state index is 0.0162. The van der Waals surface area contributed by atoms with E-state index in [0.29, 0.717) is 18.4 Å². The van der Waals surface area contributed by atoms with E-state index in [4.69, 9.17) is 9.47 Å². The maximum Gasteiger partial charge on any atom is 0.236 e. The number of carbonyl (C=O) groups excluding carboxylic acids is 1. The molecular weight excluding hydrogens is 192 g/mol. The van der Waals surface area contributed by atoms with Crippen molar-refractivity contribution in [2.45, 2.75) is 19.6 Å². The second-order valence-corrected chi connectivity index (χ2v) is 4.98. The lowest BCUT2D eigenvalue weighted by Gasteiger charge is -2.47. The first kappa shape index (κ1) is 9.55. The summed E-state index contributed by atoms with van der Waals surface area (Å²) in [7, 11) is 1.58. The Hall–Kier alpha value is -0.670. The van der Waals surface area contributed by atoms with E-state index in [1.54, 1.807) is 7.11 Å². The van der Waals surface area contributed by atoms with Crippen molar-refractivity contribution in [2.24, 2.45) is 23.7 Å². The third kappa shape index (κ3) is 0.871. The van der Waals surface area contributed by atoms with Crippen molar-refractivity contribution < 1.29 is 14.3 Å². The Bertz CT molecular complexity index is 360. The van der Waals surface area contributed by atoms with Gasteiger partial charge in [0.15, 0.2) is 5.78 Å². The maximum atomic E-state index is 12.3. The quantitative estimate of drug-likeness (QED) is 0.611. The normalized spacial score (nSPS) is 52.2. The molecule has 1 saturated carbocycles. The van der Waals surface area contributed by atoms with Crippen LogP contribution in [-0.4, -0.2) is 25.3 Å². The van der Waals surface area contributed by atoms with Crippen molar-refractivity contribution in [3.05, 3.63) is 11.6 Å². The molecule has 4 aliphatic rings. The van der Waals surface area contributed by atoms with E-state index in [1.807, 2.05) is 6.92 Å². The molecule has 0 aromatic rings. The molecule has 2 fully saturated rings. The van der Waals surface area contributed by atoms with Gasteiger partial charge in [-0.05, 0) is 18.8 Å². The van der Waals surface area contributed by atoms with E-state index in [1.165, 1.54) is 5.57 Å². The number of allylic oxidation sites excluding steroid dienone is 1. The molecule has 0 amide bonds. The molecule has 0 radical (unpaired) electrons. The number of Topliss-reactive ketones (excluding diaryl/α,β-unsaturated/α-hetero) is 1. The molecule has 0 aromatic carbocycles. The van der Waals surface area contributed by atoms with Crippen molar-refractivity contribution in [3.8, 4) is 0 Å². The van der Waals surface area contributed by atoms with Gasteiger partial charge in [-0.25, -0.2) is 0 Å². The number of hydrogen-bond acceptors (Lipinski definition) is 3. The highest BCUT2D eigenvalue weighted by Crippen LogP contribution is 2.56. The zero-order chi connectivity index (χ0) is 10.8. The van der Waals surface area contributed by atoms with Crippen LogP contribution >= 0.6 is 0 Å². The van der Waals surface area contributed by atoms with Gasteiger partial charge in [-0.2, -0.15) is 0 Å². The summed E-state index contributed by atoms with van der Waals surface area (Å²) >= 11 is 0. The van der Waals surface area contributed by atoms with Gasteiger partial charge in [0.1, 0.15) is 0 Å². The molecule has 15 heavy (non-hydrogen) atoms. The average molecular weight is 208 g/mol. The summed E-state index contributed by atoms with van der Waals surface area (Å²) in [6.07, 6.45) is 2.19. The van der Waals surface area contributed by atoms with Crippen molar-refractivity contribution in [1.29, 1.82) is 0 Å². The minimum Gasteiger partial charge on any atom is -0.347 e. The zero-order valence-corrected chi connectivity index (χ0v) is 9.32. The van der Waals surface area contributed by atoms with E-state index < -0.39 is 5.79 Å². The predicted molar refractivity (Wildman–Crippen MR) is 54.1 cm³/mol.